The Kier molecular flexibility index (Phi) is 3.43. The van der Waals surface area contributed by atoms with Gasteiger partial charge < -0.3 is 0 Å². The lowest BCUT2D eigenvalue weighted by molar-refractivity contribution is 0.481. The molecule has 0 aliphatic heterocycles. The molecule has 6 nitrogen and oxygen atoms in total. The Morgan fingerprint density at radius 2 is 1.37 bits per heavy atom. The van der Waals surface area contributed by atoms with Gasteiger partial charge in [0.05, 0.1) is 9.79 Å². The summed E-state index contributed by atoms with van der Waals surface area (Å²) in [5.74, 6) is 0. The average Bonchev–Trinajstić information content (AvgIpc) is 2.25. The summed E-state index contributed by atoms with van der Waals surface area (Å²) in [7, 11) is -8.79. The lowest BCUT2D eigenvalue weighted by atomic mass is 10.1. The normalized spacial score (nSPS) is 12.8. The molecule has 0 atom stereocenters. The number of hydrogen-bond acceptors (Lipinski definition) is 4. The predicted octanol–water partition coefficient (Wildman–Crippen LogP) is 2.10. The van der Waals surface area contributed by atoms with E-state index in [-0.39, 0.29) is 15.2 Å². The zero-order valence-electron chi connectivity index (χ0n) is 9.11. The van der Waals surface area contributed by atoms with Crippen molar-refractivity contribution in [1.29, 1.82) is 0 Å². The van der Waals surface area contributed by atoms with Crippen LogP contribution in [0.4, 0.5) is 0 Å². The highest BCUT2D eigenvalue weighted by atomic mass is 79.9. The quantitative estimate of drug-likeness (QED) is 0.787. The molecule has 0 heterocycles. The molecule has 0 bridgehead atoms. The Balaban J connectivity index is 2.85. The van der Waals surface area contributed by atoms with E-state index >= 15 is 0 Å². The maximum Gasteiger partial charge on any atom is 0.294 e. The minimum atomic E-state index is -4.41. The Hall–Kier alpha value is -1.00. The number of rotatable bonds is 2. The summed E-state index contributed by atoms with van der Waals surface area (Å²) in [4.78, 5) is -0.737. The highest BCUT2D eigenvalue weighted by Gasteiger charge is 2.15. The van der Waals surface area contributed by atoms with Crippen molar-refractivity contribution in [3.05, 3.63) is 34.8 Å². The summed E-state index contributed by atoms with van der Waals surface area (Å²) in [6.07, 6.45) is 0. The third-order valence-corrected chi connectivity index (χ3v) is 4.78. The standard InChI is InChI=1S/C10H7BrO6S2/c11-10-5-8(19(15,16)17)4-6-3-7(18(12,13)14)1-2-9(6)10/h1-5H,(H,12,13,14)(H,15,16,17). The van der Waals surface area contributed by atoms with Crippen molar-refractivity contribution in [2.45, 2.75) is 9.79 Å². The second-order valence-corrected chi connectivity index (χ2v) is 7.44. The molecule has 0 saturated carbocycles. The van der Waals surface area contributed by atoms with Gasteiger partial charge in [0.2, 0.25) is 0 Å². The van der Waals surface area contributed by atoms with Crippen molar-refractivity contribution in [1.82, 2.24) is 0 Å². The van der Waals surface area contributed by atoms with Gasteiger partial charge >= 0.3 is 0 Å². The SMILES string of the molecule is O=S(=O)(O)c1ccc2c(Br)cc(S(=O)(=O)O)cc2c1. The highest BCUT2D eigenvalue weighted by Crippen LogP contribution is 2.29. The van der Waals surface area contributed by atoms with Crippen LogP contribution in [0.3, 0.4) is 0 Å². The van der Waals surface area contributed by atoms with E-state index in [2.05, 4.69) is 15.9 Å². The van der Waals surface area contributed by atoms with E-state index in [1.165, 1.54) is 18.2 Å². The van der Waals surface area contributed by atoms with Crippen molar-refractivity contribution in [2.75, 3.05) is 0 Å². The maximum absolute atomic E-state index is 11.1. The first-order chi connectivity index (χ1) is 8.59. The molecule has 0 fully saturated rings. The number of benzene rings is 2. The van der Waals surface area contributed by atoms with Crippen LogP contribution in [0.25, 0.3) is 10.8 Å². The minimum absolute atomic E-state index is 0.247. The lowest BCUT2D eigenvalue weighted by Crippen LogP contribution is -2.00. The zero-order valence-corrected chi connectivity index (χ0v) is 12.3. The van der Waals surface area contributed by atoms with Crippen molar-refractivity contribution in [3.63, 3.8) is 0 Å². The molecular weight excluding hydrogens is 360 g/mol. The summed E-state index contributed by atoms with van der Waals surface area (Å²) < 4.78 is 62.5. The molecule has 102 valence electrons. The molecule has 0 unspecified atom stereocenters. The minimum Gasteiger partial charge on any atom is -0.282 e. The van der Waals surface area contributed by atoms with E-state index in [9.17, 15) is 16.8 Å². The summed E-state index contributed by atoms with van der Waals surface area (Å²) in [6, 6.07) is 6.03. The third kappa shape index (κ3) is 2.95. The molecule has 0 aromatic heterocycles. The van der Waals surface area contributed by atoms with Gasteiger partial charge in [0.25, 0.3) is 20.2 Å². The average molecular weight is 367 g/mol. The van der Waals surface area contributed by atoms with Gasteiger partial charge in [-0.15, -0.1) is 0 Å². The van der Waals surface area contributed by atoms with E-state index in [0.717, 1.165) is 12.1 Å². The lowest BCUT2D eigenvalue weighted by Gasteiger charge is -2.05. The molecule has 2 aromatic rings. The zero-order chi connectivity index (χ0) is 14.4. The molecule has 0 aliphatic rings. The Morgan fingerprint density at radius 3 is 1.89 bits per heavy atom. The van der Waals surface area contributed by atoms with Crippen molar-refractivity contribution in [3.8, 4) is 0 Å². The van der Waals surface area contributed by atoms with Gasteiger partial charge in [0.15, 0.2) is 0 Å². The topological polar surface area (TPSA) is 109 Å². The fraction of sp³-hybridized carbons (Fsp3) is 0. The second-order valence-electron chi connectivity index (χ2n) is 3.74. The van der Waals surface area contributed by atoms with Crippen LogP contribution in [0.5, 0.6) is 0 Å². The van der Waals surface area contributed by atoms with Gasteiger partial charge in [-0.05, 0) is 35.0 Å². The van der Waals surface area contributed by atoms with Gasteiger partial charge in [0, 0.05) is 4.47 Å². The van der Waals surface area contributed by atoms with E-state index in [1.54, 1.807) is 0 Å². The van der Waals surface area contributed by atoms with Crippen molar-refractivity contribution in [2.24, 2.45) is 0 Å². The predicted molar refractivity (Wildman–Crippen MR) is 71.3 cm³/mol. The highest BCUT2D eigenvalue weighted by molar-refractivity contribution is 9.10. The van der Waals surface area contributed by atoms with Crippen LogP contribution in [0.2, 0.25) is 0 Å². The maximum atomic E-state index is 11.1. The third-order valence-electron chi connectivity index (χ3n) is 2.44. The first-order valence-electron chi connectivity index (χ1n) is 4.77. The largest absolute Gasteiger partial charge is 0.294 e. The number of fused-ring (bicyclic) bond motifs is 1. The number of hydrogen-bond donors (Lipinski definition) is 2. The van der Waals surface area contributed by atoms with E-state index in [4.69, 9.17) is 9.11 Å². The fourth-order valence-corrected chi connectivity index (χ4v) is 3.40. The van der Waals surface area contributed by atoms with Gasteiger partial charge in [-0.2, -0.15) is 16.8 Å². The molecule has 2 N–H and O–H groups in total. The number of halogens is 1. The molecule has 19 heavy (non-hydrogen) atoms. The molecule has 2 rings (SSSR count). The summed E-state index contributed by atoms with van der Waals surface area (Å²) >= 11 is 3.13. The first kappa shape index (κ1) is 14.4. The van der Waals surface area contributed by atoms with Crippen LogP contribution in [-0.4, -0.2) is 25.9 Å². The molecular formula is C10H7BrO6S2. The summed E-state index contributed by atoms with van der Waals surface area (Å²) in [5.41, 5.74) is 0. The van der Waals surface area contributed by atoms with Crippen LogP contribution in [-0.2, 0) is 20.2 Å². The van der Waals surface area contributed by atoms with Crippen molar-refractivity contribution >= 4 is 46.9 Å². The molecule has 0 aliphatic carbocycles. The molecule has 0 amide bonds. The van der Waals surface area contributed by atoms with E-state index in [1.807, 2.05) is 0 Å². The van der Waals surface area contributed by atoms with Crippen LogP contribution >= 0.6 is 15.9 Å². The summed E-state index contributed by atoms with van der Waals surface area (Å²) in [6.45, 7) is 0. The molecule has 0 radical (unpaired) electrons. The van der Waals surface area contributed by atoms with Crippen LogP contribution in [0.1, 0.15) is 0 Å². The molecule has 0 spiro atoms. The Labute approximate surface area is 117 Å². The summed E-state index contributed by atoms with van der Waals surface area (Å²) in [5, 5.41) is 0.789. The molecule has 0 saturated heterocycles. The van der Waals surface area contributed by atoms with Gasteiger partial charge in [0.1, 0.15) is 0 Å². The van der Waals surface area contributed by atoms with Crippen LogP contribution in [0.15, 0.2) is 44.6 Å². The first-order valence-corrected chi connectivity index (χ1v) is 8.44. The van der Waals surface area contributed by atoms with Gasteiger partial charge in [-0.1, -0.05) is 22.0 Å². The van der Waals surface area contributed by atoms with E-state index in [0.29, 0.717) is 9.86 Å². The van der Waals surface area contributed by atoms with Crippen LogP contribution < -0.4 is 0 Å². The second kappa shape index (κ2) is 4.53. The van der Waals surface area contributed by atoms with Crippen molar-refractivity contribution < 1.29 is 25.9 Å². The molecule has 9 heteroatoms. The Bertz CT molecular complexity index is 865. The fourth-order valence-electron chi connectivity index (χ4n) is 1.58. The van der Waals surface area contributed by atoms with Gasteiger partial charge in [-0.25, -0.2) is 0 Å². The van der Waals surface area contributed by atoms with Crippen LogP contribution in [0, 0.1) is 0 Å². The monoisotopic (exact) mass is 366 g/mol. The Morgan fingerprint density at radius 1 is 0.842 bits per heavy atom. The van der Waals surface area contributed by atoms with Gasteiger partial charge in [-0.3, -0.25) is 9.11 Å². The smallest absolute Gasteiger partial charge is 0.282 e. The molecule has 2 aromatic carbocycles. The van der Waals surface area contributed by atoms with E-state index < -0.39 is 20.2 Å².